The number of rotatable bonds is 6. The second-order valence-electron chi connectivity index (χ2n) is 5.04. The molecule has 1 aromatic carbocycles. The number of thiophene rings is 1. The van der Waals surface area contributed by atoms with Crippen LogP contribution in [0.4, 0.5) is 10.8 Å². The van der Waals surface area contributed by atoms with Crippen molar-refractivity contribution in [2.24, 2.45) is 0 Å². The Morgan fingerprint density at radius 1 is 1.28 bits per heavy atom. The molecule has 2 heterocycles. The van der Waals surface area contributed by atoms with Gasteiger partial charge in [-0.25, -0.2) is 4.98 Å². The number of carbonyl (C=O) groups excluding carboxylic acids is 1. The maximum Gasteiger partial charge on any atom is 0.280 e. The standard InChI is InChI=1S/C16H13N3O3S3/c1-23-12-4-2-10(3-5-12)6-15(20)18-16-17-13(9-25-16)14-7-11(8-24-14)19(21)22/h2-5,7-9H,6H2,1H3,(H,17,18,20). The van der Waals surface area contributed by atoms with E-state index in [1.165, 1.54) is 34.1 Å². The van der Waals surface area contributed by atoms with Crippen LogP contribution in [0, 0.1) is 10.1 Å². The molecule has 1 amide bonds. The molecule has 0 saturated heterocycles. The molecule has 0 saturated carbocycles. The molecular weight excluding hydrogens is 378 g/mol. The SMILES string of the molecule is CSc1ccc(CC(=O)Nc2nc(-c3cc([N+](=O)[O-])cs3)cs2)cc1. The van der Waals surface area contributed by atoms with Gasteiger partial charge in [0.05, 0.1) is 27.3 Å². The van der Waals surface area contributed by atoms with Gasteiger partial charge in [0.15, 0.2) is 5.13 Å². The summed E-state index contributed by atoms with van der Waals surface area (Å²) in [6, 6.07) is 9.32. The third kappa shape index (κ3) is 4.44. The van der Waals surface area contributed by atoms with E-state index in [2.05, 4.69) is 10.3 Å². The van der Waals surface area contributed by atoms with Crippen molar-refractivity contribution in [1.29, 1.82) is 0 Å². The van der Waals surface area contributed by atoms with Gasteiger partial charge in [0, 0.05) is 16.3 Å². The van der Waals surface area contributed by atoms with Gasteiger partial charge in [0.2, 0.25) is 5.91 Å². The largest absolute Gasteiger partial charge is 0.302 e. The fraction of sp³-hybridized carbons (Fsp3) is 0.125. The highest BCUT2D eigenvalue weighted by Gasteiger charge is 2.14. The normalized spacial score (nSPS) is 10.6. The Hall–Kier alpha value is -2.23. The van der Waals surface area contributed by atoms with Crippen molar-refractivity contribution in [2.45, 2.75) is 11.3 Å². The number of benzene rings is 1. The number of aromatic nitrogens is 1. The Labute approximate surface area is 156 Å². The van der Waals surface area contributed by atoms with E-state index >= 15 is 0 Å². The zero-order chi connectivity index (χ0) is 17.8. The summed E-state index contributed by atoms with van der Waals surface area (Å²) >= 11 is 4.21. The van der Waals surface area contributed by atoms with Crippen LogP contribution >= 0.6 is 34.4 Å². The van der Waals surface area contributed by atoms with E-state index in [9.17, 15) is 14.9 Å². The molecule has 9 heteroatoms. The minimum absolute atomic E-state index is 0.0484. The van der Waals surface area contributed by atoms with E-state index in [0.717, 1.165) is 10.5 Å². The van der Waals surface area contributed by atoms with Crippen molar-refractivity contribution in [3.63, 3.8) is 0 Å². The average Bonchev–Trinajstić information content (AvgIpc) is 3.24. The van der Waals surface area contributed by atoms with Crippen LogP contribution in [0.25, 0.3) is 10.6 Å². The number of thiazole rings is 1. The molecule has 0 aliphatic rings. The van der Waals surface area contributed by atoms with E-state index in [4.69, 9.17) is 0 Å². The van der Waals surface area contributed by atoms with E-state index in [1.807, 2.05) is 30.5 Å². The fourth-order valence-corrected chi connectivity index (χ4v) is 4.12. The quantitative estimate of drug-likeness (QED) is 0.374. The molecule has 3 aromatic rings. The van der Waals surface area contributed by atoms with Crippen molar-refractivity contribution in [2.75, 3.05) is 11.6 Å². The molecule has 0 aliphatic carbocycles. The Bertz CT molecular complexity index is 903. The van der Waals surface area contributed by atoms with Gasteiger partial charge >= 0.3 is 0 Å². The summed E-state index contributed by atoms with van der Waals surface area (Å²) in [5, 5.41) is 17.3. The number of nitrogens with one attached hydrogen (secondary N) is 1. The van der Waals surface area contributed by atoms with Gasteiger partial charge in [-0.3, -0.25) is 14.9 Å². The van der Waals surface area contributed by atoms with Gasteiger partial charge in [-0.1, -0.05) is 12.1 Å². The number of hydrogen-bond donors (Lipinski definition) is 1. The number of thioether (sulfide) groups is 1. The highest BCUT2D eigenvalue weighted by molar-refractivity contribution is 7.98. The molecule has 25 heavy (non-hydrogen) atoms. The van der Waals surface area contributed by atoms with Crippen LogP contribution < -0.4 is 5.32 Å². The van der Waals surface area contributed by atoms with E-state index in [1.54, 1.807) is 17.1 Å². The van der Waals surface area contributed by atoms with Gasteiger partial charge in [0.25, 0.3) is 5.69 Å². The summed E-state index contributed by atoms with van der Waals surface area (Å²) in [6.07, 6.45) is 2.28. The molecule has 0 aliphatic heterocycles. The Balaban J connectivity index is 1.63. The lowest BCUT2D eigenvalue weighted by Gasteiger charge is -2.03. The third-order valence-electron chi connectivity index (χ3n) is 3.32. The number of anilines is 1. The zero-order valence-electron chi connectivity index (χ0n) is 13.1. The maximum absolute atomic E-state index is 12.1. The minimum atomic E-state index is -0.433. The molecule has 0 atom stereocenters. The van der Waals surface area contributed by atoms with Crippen molar-refractivity contribution in [3.8, 4) is 10.6 Å². The lowest BCUT2D eigenvalue weighted by molar-refractivity contribution is -0.384. The fourth-order valence-electron chi connectivity index (χ4n) is 2.09. The molecular formula is C16H13N3O3S3. The van der Waals surface area contributed by atoms with Gasteiger partial charge in [-0.15, -0.1) is 34.4 Å². The molecule has 0 unspecified atom stereocenters. The first-order valence-corrected chi connectivity index (χ1v) is 10.1. The Kier molecular flexibility index (Phi) is 5.47. The first-order chi connectivity index (χ1) is 12.0. The first kappa shape index (κ1) is 17.6. The van der Waals surface area contributed by atoms with Crippen molar-refractivity contribution in [1.82, 2.24) is 4.98 Å². The van der Waals surface area contributed by atoms with Gasteiger partial charge in [0.1, 0.15) is 0 Å². The molecule has 0 spiro atoms. The first-order valence-electron chi connectivity index (χ1n) is 7.17. The predicted molar refractivity (Wildman–Crippen MR) is 103 cm³/mol. The Morgan fingerprint density at radius 3 is 2.68 bits per heavy atom. The highest BCUT2D eigenvalue weighted by atomic mass is 32.2. The summed E-state index contributed by atoms with van der Waals surface area (Å²) in [4.78, 5) is 28.6. The predicted octanol–water partition coefficient (Wildman–Crippen LogP) is 4.68. The van der Waals surface area contributed by atoms with Crippen LogP contribution in [0.15, 0.2) is 46.0 Å². The average molecular weight is 391 g/mol. The zero-order valence-corrected chi connectivity index (χ0v) is 15.5. The summed E-state index contributed by atoms with van der Waals surface area (Å²) in [6.45, 7) is 0. The number of carbonyl (C=O) groups is 1. The molecule has 0 radical (unpaired) electrons. The van der Waals surface area contributed by atoms with Crippen molar-refractivity contribution in [3.05, 3.63) is 56.8 Å². The third-order valence-corrected chi connectivity index (χ3v) is 5.76. The van der Waals surface area contributed by atoms with Gasteiger partial charge < -0.3 is 5.32 Å². The topological polar surface area (TPSA) is 85.1 Å². The highest BCUT2D eigenvalue weighted by Crippen LogP contribution is 2.32. The number of hydrogen-bond acceptors (Lipinski definition) is 7. The smallest absolute Gasteiger partial charge is 0.280 e. The monoisotopic (exact) mass is 391 g/mol. The van der Waals surface area contributed by atoms with E-state index < -0.39 is 4.92 Å². The summed E-state index contributed by atoms with van der Waals surface area (Å²) in [5.41, 5.74) is 1.61. The second-order valence-corrected chi connectivity index (χ2v) is 7.69. The van der Waals surface area contributed by atoms with Crippen LogP contribution in [-0.2, 0) is 11.2 Å². The van der Waals surface area contributed by atoms with Gasteiger partial charge in [-0.2, -0.15) is 0 Å². The number of nitrogens with zero attached hydrogens (tertiary/aromatic N) is 2. The van der Waals surface area contributed by atoms with E-state index in [0.29, 0.717) is 15.7 Å². The molecule has 2 aromatic heterocycles. The number of nitro groups is 1. The molecule has 0 bridgehead atoms. The second kappa shape index (κ2) is 7.77. The van der Waals surface area contributed by atoms with E-state index in [-0.39, 0.29) is 18.0 Å². The maximum atomic E-state index is 12.1. The lowest BCUT2D eigenvalue weighted by Crippen LogP contribution is -2.14. The van der Waals surface area contributed by atoms with Crippen LogP contribution in [-0.4, -0.2) is 22.1 Å². The van der Waals surface area contributed by atoms with Crippen LogP contribution in [0.3, 0.4) is 0 Å². The summed E-state index contributed by atoms with van der Waals surface area (Å²) in [7, 11) is 0. The minimum Gasteiger partial charge on any atom is -0.302 e. The Morgan fingerprint density at radius 2 is 2.04 bits per heavy atom. The van der Waals surface area contributed by atoms with Crippen LogP contribution in [0.5, 0.6) is 0 Å². The molecule has 6 nitrogen and oxygen atoms in total. The molecule has 0 fully saturated rings. The number of amides is 1. The molecule has 3 rings (SSSR count). The summed E-state index contributed by atoms with van der Waals surface area (Å²) < 4.78 is 0. The molecule has 128 valence electrons. The van der Waals surface area contributed by atoms with Crippen LogP contribution in [0.1, 0.15) is 5.56 Å². The summed E-state index contributed by atoms with van der Waals surface area (Å²) in [5.74, 6) is -0.144. The van der Waals surface area contributed by atoms with Crippen molar-refractivity contribution < 1.29 is 9.72 Å². The lowest BCUT2D eigenvalue weighted by atomic mass is 10.1. The molecule has 1 N–H and O–H groups in total. The van der Waals surface area contributed by atoms with Crippen molar-refractivity contribution >= 4 is 51.2 Å². The van der Waals surface area contributed by atoms with Crippen LogP contribution in [0.2, 0.25) is 0 Å². The van der Waals surface area contributed by atoms with Gasteiger partial charge in [-0.05, 0) is 24.0 Å².